The van der Waals surface area contributed by atoms with E-state index in [4.69, 9.17) is 0 Å². The van der Waals surface area contributed by atoms with Crippen LogP contribution in [-0.2, 0) is 14.6 Å². The van der Waals surface area contributed by atoms with Crippen LogP contribution in [0.5, 0.6) is 0 Å². The summed E-state index contributed by atoms with van der Waals surface area (Å²) >= 11 is 0.982. The van der Waals surface area contributed by atoms with Crippen LogP contribution >= 0.6 is 11.3 Å². The Labute approximate surface area is 111 Å². The second-order valence-corrected chi connectivity index (χ2v) is 8.54. The fourth-order valence-corrected chi connectivity index (χ4v) is 3.70. The SMILES string of the molecule is CC(C)S(=O)(=O)c1ccc(NC(=O)C(C)(C)O)s1. The van der Waals surface area contributed by atoms with Gasteiger partial charge in [0, 0.05) is 0 Å². The maximum atomic E-state index is 11.9. The first-order valence-corrected chi connectivity index (χ1v) is 7.79. The van der Waals surface area contributed by atoms with Gasteiger partial charge >= 0.3 is 0 Å². The minimum atomic E-state index is -3.32. The topological polar surface area (TPSA) is 83.5 Å². The van der Waals surface area contributed by atoms with Crippen molar-refractivity contribution in [3.63, 3.8) is 0 Å². The molecule has 0 radical (unpaired) electrons. The number of aliphatic hydroxyl groups is 1. The van der Waals surface area contributed by atoms with Crippen molar-refractivity contribution in [2.24, 2.45) is 0 Å². The number of thiophene rings is 1. The van der Waals surface area contributed by atoms with Crippen LogP contribution in [0.3, 0.4) is 0 Å². The van der Waals surface area contributed by atoms with Crippen molar-refractivity contribution < 1.29 is 18.3 Å². The second kappa shape index (κ2) is 4.99. The molecule has 0 aliphatic heterocycles. The lowest BCUT2D eigenvalue weighted by Crippen LogP contribution is -2.36. The third kappa shape index (κ3) is 3.30. The molecular weight excluding hydrogens is 274 g/mol. The van der Waals surface area contributed by atoms with E-state index in [-0.39, 0.29) is 4.21 Å². The van der Waals surface area contributed by atoms with Gasteiger partial charge < -0.3 is 10.4 Å². The van der Waals surface area contributed by atoms with E-state index in [9.17, 15) is 18.3 Å². The van der Waals surface area contributed by atoms with E-state index in [1.54, 1.807) is 13.8 Å². The standard InChI is InChI=1S/C11H17NO4S2/c1-7(2)18(15,16)9-6-5-8(17-9)12-10(13)11(3,4)14/h5-7,14H,1-4H3,(H,12,13). The molecule has 1 rings (SSSR count). The third-order valence-corrected chi connectivity index (χ3v) is 5.96. The molecule has 0 saturated carbocycles. The first-order valence-electron chi connectivity index (χ1n) is 5.42. The van der Waals surface area contributed by atoms with Crippen molar-refractivity contribution in [3.05, 3.63) is 12.1 Å². The normalized spacial score (nSPS) is 12.8. The first-order chi connectivity index (χ1) is 8.05. The predicted octanol–water partition coefficient (Wildman–Crippen LogP) is 1.64. The van der Waals surface area contributed by atoms with Crippen LogP contribution in [0.1, 0.15) is 27.7 Å². The second-order valence-electron chi connectivity index (χ2n) is 4.73. The largest absolute Gasteiger partial charge is 0.381 e. The number of sulfone groups is 1. The molecule has 2 N–H and O–H groups in total. The van der Waals surface area contributed by atoms with Crippen molar-refractivity contribution in [2.75, 3.05) is 5.32 Å². The molecule has 1 aromatic rings. The molecule has 0 atom stereocenters. The number of anilines is 1. The molecule has 0 aliphatic carbocycles. The van der Waals surface area contributed by atoms with Crippen molar-refractivity contribution in [1.29, 1.82) is 0 Å². The van der Waals surface area contributed by atoms with Crippen molar-refractivity contribution in [3.8, 4) is 0 Å². The van der Waals surface area contributed by atoms with Gasteiger partial charge in [0.1, 0.15) is 9.81 Å². The average molecular weight is 291 g/mol. The minimum Gasteiger partial charge on any atom is -0.381 e. The highest BCUT2D eigenvalue weighted by Crippen LogP contribution is 2.29. The number of carbonyl (C=O) groups excluding carboxylic acids is 1. The Morgan fingerprint density at radius 3 is 2.39 bits per heavy atom. The minimum absolute atomic E-state index is 0.212. The third-order valence-electron chi connectivity index (χ3n) is 2.27. The monoisotopic (exact) mass is 291 g/mol. The lowest BCUT2D eigenvalue weighted by molar-refractivity contribution is -0.130. The van der Waals surface area contributed by atoms with Crippen LogP contribution in [0.4, 0.5) is 5.00 Å². The highest BCUT2D eigenvalue weighted by molar-refractivity contribution is 7.94. The Morgan fingerprint density at radius 2 is 1.94 bits per heavy atom. The van der Waals surface area contributed by atoms with E-state index in [0.29, 0.717) is 5.00 Å². The van der Waals surface area contributed by atoms with Crippen molar-refractivity contribution >= 4 is 32.1 Å². The molecular formula is C11H17NO4S2. The van der Waals surface area contributed by atoms with E-state index < -0.39 is 26.6 Å². The molecule has 102 valence electrons. The number of amides is 1. The molecule has 0 bridgehead atoms. The summed E-state index contributed by atoms with van der Waals surface area (Å²) in [6.07, 6.45) is 0. The summed E-state index contributed by atoms with van der Waals surface area (Å²) < 4.78 is 24.0. The zero-order chi connectivity index (χ0) is 14.1. The van der Waals surface area contributed by atoms with Crippen LogP contribution in [0.25, 0.3) is 0 Å². The van der Waals surface area contributed by atoms with E-state index in [2.05, 4.69) is 5.32 Å². The zero-order valence-electron chi connectivity index (χ0n) is 10.7. The summed E-state index contributed by atoms with van der Waals surface area (Å²) in [5.41, 5.74) is -1.50. The number of hydrogen-bond acceptors (Lipinski definition) is 5. The Bertz CT molecular complexity index is 538. The smallest absolute Gasteiger partial charge is 0.256 e. The van der Waals surface area contributed by atoms with Gasteiger partial charge in [0.2, 0.25) is 0 Å². The molecule has 0 spiro atoms. The van der Waals surface area contributed by atoms with Gasteiger partial charge in [-0.05, 0) is 39.8 Å². The summed E-state index contributed by atoms with van der Waals surface area (Å²) in [7, 11) is -3.32. The Balaban J connectivity index is 2.93. The van der Waals surface area contributed by atoms with E-state index in [0.717, 1.165) is 11.3 Å². The van der Waals surface area contributed by atoms with Gasteiger partial charge in [-0.25, -0.2) is 8.42 Å². The van der Waals surface area contributed by atoms with Gasteiger partial charge in [0.25, 0.3) is 5.91 Å². The molecule has 1 heterocycles. The van der Waals surface area contributed by atoms with Crippen LogP contribution in [-0.4, -0.2) is 30.3 Å². The maximum absolute atomic E-state index is 11.9. The van der Waals surface area contributed by atoms with Crippen molar-refractivity contribution in [1.82, 2.24) is 0 Å². The Morgan fingerprint density at radius 1 is 1.39 bits per heavy atom. The van der Waals surface area contributed by atoms with Gasteiger partial charge in [0.05, 0.1) is 10.3 Å². The predicted molar refractivity (Wildman–Crippen MR) is 71.6 cm³/mol. The number of carbonyl (C=O) groups is 1. The van der Waals surface area contributed by atoms with Crippen LogP contribution < -0.4 is 5.32 Å². The van der Waals surface area contributed by atoms with E-state index in [1.165, 1.54) is 26.0 Å². The quantitative estimate of drug-likeness (QED) is 0.883. The molecule has 0 aromatic carbocycles. The summed E-state index contributed by atoms with van der Waals surface area (Å²) in [6, 6.07) is 2.98. The van der Waals surface area contributed by atoms with Gasteiger partial charge in [-0.1, -0.05) is 0 Å². The molecule has 5 nitrogen and oxygen atoms in total. The molecule has 1 aromatic heterocycles. The molecule has 7 heteroatoms. The molecule has 0 aliphatic rings. The fraction of sp³-hybridized carbons (Fsp3) is 0.545. The number of hydrogen-bond donors (Lipinski definition) is 2. The molecule has 0 fully saturated rings. The highest BCUT2D eigenvalue weighted by atomic mass is 32.2. The van der Waals surface area contributed by atoms with Crippen LogP contribution in [0, 0.1) is 0 Å². The Kier molecular flexibility index (Phi) is 4.19. The number of nitrogens with one attached hydrogen (secondary N) is 1. The van der Waals surface area contributed by atoms with E-state index >= 15 is 0 Å². The number of rotatable bonds is 4. The lowest BCUT2D eigenvalue weighted by atomic mass is 10.1. The van der Waals surface area contributed by atoms with Crippen molar-refractivity contribution in [2.45, 2.75) is 42.8 Å². The van der Waals surface area contributed by atoms with Crippen LogP contribution in [0.15, 0.2) is 16.3 Å². The molecule has 1 amide bonds. The molecule has 18 heavy (non-hydrogen) atoms. The van der Waals surface area contributed by atoms with Crippen LogP contribution in [0.2, 0.25) is 0 Å². The average Bonchev–Trinajstić information content (AvgIpc) is 2.64. The van der Waals surface area contributed by atoms with Gasteiger partial charge in [-0.15, -0.1) is 11.3 Å². The Hall–Kier alpha value is -0.920. The summed E-state index contributed by atoms with van der Waals surface area (Å²) in [6.45, 7) is 5.93. The van der Waals surface area contributed by atoms with Gasteiger partial charge in [-0.2, -0.15) is 0 Å². The molecule has 0 saturated heterocycles. The van der Waals surface area contributed by atoms with E-state index in [1.807, 2.05) is 0 Å². The summed E-state index contributed by atoms with van der Waals surface area (Å²) in [4.78, 5) is 11.5. The maximum Gasteiger partial charge on any atom is 0.256 e. The van der Waals surface area contributed by atoms with Gasteiger partial charge in [0.15, 0.2) is 9.84 Å². The lowest BCUT2D eigenvalue weighted by Gasteiger charge is -2.15. The summed E-state index contributed by atoms with van der Waals surface area (Å²) in [5, 5.41) is 11.9. The first kappa shape index (κ1) is 15.1. The highest BCUT2D eigenvalue weighted by Gasteiger charge is 2.26. The molecule has 0 unspecified atom stereocenters. The summed E-state index contributed by atoms with van der Waals surface area (Å²) in [5.74, 6) is -0.571. The van der Waals surface area contributed by atoms with Gasteiger partial charge in [-0.3, -0.25) is 4.79 Å². The zero-order valence-corrected chi connectivity index (χ0v) is 12.4. The fourth-order valence-electron chi connectivity index (χ4n) is 1.04.